The topological polar surface area (TPSA) is 61.7 Å². The second-order valence-corrected chi connectivity index (χ2v) is 2.49. The Morgan fingerprint density at radius 3 is 2.54 bits per heavy atom. The first-order valence-electron chi connectivity index (χ1n) is 3.78. The molecule has 0 fully saturated rings. The third-order valence-corrected chi connectivity index (χ3v) is 1.61. The molecule has 0 bridgehead atoms. The van der Waals surface area contributed by atoms with Gasteiger partial charge in [0.25, 0.3) is 0 Å². The van der Waals surface area contributed by atoms with Crippen LogP contribution in [0.3, 0.4) is 0 Å². The van der Waals surface area contributed by atoms with Gasteiger partial charge < -0.3 is 5.11 Å². The van der Waals surface area contributed by atoms with Crippen LogP contribution in [0.4, 0.5) is 0 Å². The Kier molecular flexibility index (Phi) is 1.88. The number of nitrogens with zero attached hydrogens (tertiary/aromatic N) is 3. The van der Waals surface area contributed by atoms with Crippen LogP contribution in [-0.4, -0.2) is 15.2 Å². The average molecular weight is 172 g/mol. The highest BCUT2D eigenvalue weighted by Gasteiger charge is 1.96. The molecule has 0 atom stereocenters. The molecule has 2 rings (SSSR count). The zero-order valence-corrected chi connectivity index (χ0v) is 6.71. The van der Waals surface area contributed by atoms with E-state index >= 15 is 0 Å². The normalized spacial score (nSPS) is 9.85. The Labute approximate surface area is 74.9 Å². The van der Waals surface area contributed by atoms with Crippen LogP contribution in [0.25, 0.3) is 11.3 Å². The van der Waals surface area contributed by atoms with Gasteiger partial charge in [-0.3, -0.25) is 0 Å². The molecular weight excluding hydrogens is 166 g/mol. The first-order valence-corrected chi connectivity index (χ1v) is 3.78. The monoisotopic (exact) mass is 172 g/mol. The number of hydrogen-bond donors (Lipinski definition) is 0. The van der Waals surface area contributed by atoms with E-state index in [4.69, 9.17) is 0 Å². The molecule has 0 saturated carbocycles. The first-order chi connectivity index (χ1) is 6.36. The van der Waals surface area contributed by atoms with Gasteiger partial charge in [-0.15, -0.1) is 5.10 Å². The van der Waals surface area contributed by atoms with Gasteiger partial charge in [-0.1, -0.05) is 30.3 Å². The van der Waals surface area contributed by atoms with Crippen molar-refractivity contribution in [2.75, 3.05) is 0 Å². The van der Waals surface area contributed by atoms with Crippen molar-refractivity contribution >= 4 is 0 Å². The maximum absolute atomic E-state index is 10.8. The second kappa shape index (κ2) is 3.18. The molecule has 0 aliphatic carbocycles. The average Bonchev–Trinajstić information content (AvgIpc) is 2.19. The Balaban J connectivity index is 2.48. The molecule has 0 aliphatic rings. The van der Waals surface area contributed by atoms with E-state index in [-0.39, 0.29) is 0 Å². The van der Waals surface area contributed by atoms with Crippen LogP contribution in [0.5, 0.6) is 6.01 Å². The molecule has 2 aromatic rings. The fourth-order valence-electron chi connectivity index (χ4n) is 1.04. The number of benzene rings is 1. The maximum Gasteiger partial charge on any atom is 0.106 e. The number of hydrogen-bond acceptors (Lipinski definition) is 4. The molecule has 0 aliphatic heterocycles. The Morgan fingerprint density at radius 1 is 1.08 bits per heavy atom. The summed E-state index contributed by atoms with van der Waals surface area (Å²) in [4.78, 5) is 3.71. The van der Waals surface area contributed by atoms with Crippen LogP contribution in [0.1, 0.15) is 0 Å². The van der Waals surface area contributed by atoms with Crippen molar-refractivity contribution in [1.82, 2.24) is 15.2 Å². The van der Waals surface area contributed by atoms with Gasteiger partial charge in [-0.25, -0.2) is 4.98 Å². The molecule has 0 unspecified atom stereocenters. The lowest BCUT2D eigenvalue weighted by molar-refractivity contribution is -0.282. The molecule has 13 heavy (non-hydrogen) atoms. The van der Waals surface area contributed by atoms with E-state index in [9.17, 15) is 5.11 Å². The summed E-state index contributed by atoms with van der Waals surface area (Å²) in [6, 6.07) is 8.83. The standard InChI is InChI=1S/C9H7N3O/c13-9-11-8(6-10-12-9)7-4-2-1-3-5-7/h1-6H,(H,11,12,13)/p-1. The minimum absolute atomic E-state index is 0.554. The third kappa shape index (κ3) is 1.61. The predicted molar refractivity (Wildman–Crippen MR) is 44.7 cm³/mol. The largest absolute Gasteiger partial charge is 0.843 e. The van der Waals surface area contributed by atoms with Gasteiger partial charge in [-0.05, 0) is 0 Å². The number of rotatable bonds is 1. The van der Waals surface area contributed by atoms with Gasteiger partial charge in [-0.2, -0.15) is 5.10 Å². The van der Waals surface area contributed by atoms with Gasteiger partial charge in [0.15, 0.2) is 0 Å². The lowest BCUT2D eigenvalue weighted by Crippen LogP contribution is -2.00. The van der Waals surface area contributed by atoms with Crippen molar-refractivity contribution in [3.63, 3.8) is 0 Å². The lowest BCUT2D eigenvalue weighted by atomic mass is 10.2. The van der Waals surface area contributed by atoms with Crippen molar-refractivity contribution in [2.24, 2.45) is 0 Å². The minimum atomic E-state index is -0.554. The van der Waals surface area contributed by atoms with Crippen molar-refractivity contribution < 1.29 is 5.11 Å². The van der Waals surface area contributed by atoms with E-state index < -0.39 is 6.01 Å². The third-order valence-electron chi connectivity index (χ3n) is 1.61. The Morgan fingerprint density at radius 2 is 1.85 bits per heavy atom. The van der Waals surface area contributed by atoms with Crippen LogP contribution in [-0.2, 0) is 0 Å². The van der Waals surface area contributed by atoms with Gasteiger partial charge in [0.1, 0.15) is 6.01 Å². The summed E-state index contributed by atoms with van der Waals surface area (Å²) in [6.07, 6.45) is 1.47. The van der Waals surface area contributed by atoms with Gasteiger partial charge >= 0.3 is 0 Å². The van der Waals surface area contributed by atoms with Crippen LogP contribution in [0, 0.1) is 0 Å². The Hall–Kier alpha value is -1.97. The van der Waals surface area contributed by atoms with E-state index in [2.05, 4.69) is 15.2 Å². The molecule has 64 valence electrons. The maximum atomic E-state index is 10.8. The molecule has 4 nitrogen and oxygen atoms in total. The van der Waals surface area contributed by atoms with E-state index in [1.54, 1.807) is 0 Å². The summed E-state index contributed by atoms with van der Waals surface area (Å²) in [7, 11) is 0. The van der Waals surface area contributed by atoms with Crippen molar-refractivity contribution in [1.29, 1.82) is 0 Å². The molecule has 4 heteroatoms. The quantitative estimate of drug-likeness (QED) is 0.632. The van der Waals surface area contributed by atoms with E-state index in [0.717, 1.165) is 5.56 Å². The van der Waals surface area contributed by atoms with Crippen LogP contribution < -0.4 is 5.11 Å². The van der Waals surface area contributed by atoms with Crippen LogP contribution >= 0.6 is 0 Å². The highest BCUT2D eigenvalue weighted by molar-refractivity contribution is 5.57. The minimum Gasteiger partial charge on any atom is -0.843 e. The molecular formula is C9H6N3O-. The van der Waals surface area contributed by atoms with Crippen molar-refractivity contribution in [3.05, 3.63) is 36.5 Å². The summed E-state index contributed by atoms with van der Waals surface area (Å²) in [6.45, 7) is 0. The summed E-state index contributed by atoms with van der Waals surface area (Å²) < 4.78 is 0. The fraction of sp³-hybridized carbons (Fsp3) is 0. The van der Waals surface area contributed by atoms with Crippen LogP contribution in [0.2, 0.25) is 0 Å². The number of aromatic nitrogens is 3. The summed E-state index contributed by atoms with van der Waals surface area (Å²) in [5.74, 6) is 0. The second-order valence-electron chi connectivity index (χ2n) is 2.49. The van der Waals surface area contributed by atoms with Crippen molar-refractivity contribution in [2.45, 2.75) is 0 Å². The summed E-state index contributed by atoms with van der Waals surface area (Å²) >= 11 is 0. The highest BCUT2D eigenvalue weighted by atomic mass is 16.3. The van der Waals surface area contributed by atoms with Crippen LogP contribution in [0.15, 0.2) is 36.5 Å². The fourth-order valence-corrected chi connectivity index (χ4v) is 1.04. The van der Waals surface area contributed by atoms with E-state index in [1.807, 2.05) is 30.3 Å². The van der Waals surface area contributed by atoms with E-state index in [0.29, 0.717) is 5.69 Å². The summed E-state index contributed by atoms with van der Waals surface area (Å²) in [5, 5.41) is 17.6. The molecule has 0 N–H and O–H groups in total. The van der Waals surface area contributed by atoms with Gasteiger partial charge in [0.2, 0.25) is 0 Å². The molecule has 1 aromatic heterocycles. The van der Waals surface area contributed by atoms with Crippen molar-refractivity contribution in [3.8, 4) is 17.3 Å². The molecule has 0 amide bonds. The highest BCUT2D eigenvalue weighted by Crippen LogP contribution is 2.14. The summed E-state index contributed by atoms with van der Waals surface area (Å²) in [5.41, 5.74) is 1.43. The smallest absolute Gasteiger partial charge is 0.106 e. The predicted octanol–water partition coefficient (Wildman–Crippen LogP) is 0.612. The van der Waals surface area contributed by atoms with Gasteiger partial charge in [0, 0.05) is 5.56 Å². The first kappa shape index (κ1) is 7.67. The van der Waals surface area contributed by atoms with Gasteiger partial charge in [0.05, 0.1) is 11.9 Å². The van der Waals surface area contributed by atoms with E-state index in [1.165, 1.54) is 6.20 Å². The SMILES string of the molecule is [O-]c1nncc(-c2ccccc2)n1. The lowest BCUT2D eigenvalue weighted by Gasteiger charge is -2.03. The molecule has 1 heterocycles. The zero-order valence-electron chi connectivity index (χ0n) is 6.71. The molecule has 0 spiro atoms. The zero-order chi connectivity index (χ0) is 9.10. The molecule has 0 saturated heterocycles. The molecule has 1 aromatic carbocycles. The molecule has 0 radical (unpaired) electrons. The Bertz CT molecular complexity index is 403.